The molecule has 0 fully saturated rings. The Labute approximate surface area is 152 Å². The van der Waals surface area contributed by atoms with Crippen LogP contribution in [0.1, 0.15) is 29.3 Å². The molecule has 3 rings (SSSR count). The second-order valence-electron chi connectivity index (χ2n) is 6.04. The van der Waals surface area contributed by atoms with E-state index in [1.54, 1.807) is 24.0 Å². The number of benzene rings is 2. The summed E-state index contributed by atoms with van der Waals surface area (Å²) in [6, 6.07) is 12.5. The zero-order valence-corrected chi connectivity index (χ0v) is 14.7. The van der Waals surface area contributed by atoms with E-state index in [0.29, 0.717) is 23.5 Å². The van der Waals surface area contributed by atoms with E-state index in [1.807, 2.05) is 24.3 Å². The standard InChI is InChI=1S/C20H22N2O4/c1-2-25-20(24)15-9-10-16(21)18(12-15)26-13-19(23)22-11-5-7-14-6-3-4-8-17(14)22/h3-4,6,8-10,12H,2,5,7,11,13,21H2,1H3. The highest BCUT2D eigenvalue weighted by Gasteiger charge is 2.22. The predicted molar refractivity (Wildman–Crippen MR) is 99.4 cm³/mol. The zero-order chi connectivity index (χ0) is 18.5. The Balaban J connectivity index is 1.70. The number of fused-ring (bicyclic) bond motifs is 1. The lowest BCUT2D eigenvalue weighted by molar-refractivity contribution is -0.120. The molecular weight excluding hydrogens is 332 g/mol. The Morgan fingerprint density at radius 2 is 2.00 bits per heavy atom. The average molecular weight is 354 g/mol. The fourth-order valence-electron chi connectivity index (χ4n) is 3.01. The minimum Gasteiger partial charge on any atom is -0.482 e. The third-order valence-corrected chi connectivity index (χ3v) is 4.29. The molecule has 136 valence electrons. The van der Waals surface area contributed by atoms with E-state index in [1.165, 1.54) is 6.07 Å². The number of hydrogen-bond donors (Lipinski definition) is 1. The number of nitrogens with zero attached hydrogens (tertiary/aromatic N) is 1. The lowest BCUT2D eigenvalue weighted by Gasteiger charge is -2.29. The summed E-state index contributed by atoms with van der Waals surface area (Å²) >= 11 is 0. The van der Waals surface area contributed by atoms with Crippen molar-refractivity contribution in [3.63, 3.8) is 0 Å². The maximum atomic E-state index is 12.6. The number of hydrogen-bond acceptors (Lipinski definition) is 5. The van der Waals surface area contributed by atoms with E-state index in [2.05, 4.69) is 0 Å². The molecule has 0 aliphatic carbocycles. The molecule has 1 aliphatic heterocycles. The first kappa shape index (κ1) is 17.8. The first-order chi connectivity index (χ1) is 12.6. The number of carbonyl (C=O) groups excluding carboxylic acids is 2. The molecule has 1 heterocycles. The quantitative estimate of drug-likeness (QED) is 0.659. The average Bonchev–Trinajstić information content (AvgIpc) is 2.66. The van der Waals surface area contributed by atoms with Crippen LogP contribution in [0.4, 0.5) is 11.4 Å². The molecule has 0 unspecified atom stereocenters. The van der Waals surface area contributed by atoms with Crippen molar-refractivity contribution >= 4 is 23.3 Å². The number of amides is 1. The van der Waals surface area contributed by atoms with Crippen LogP contribution in [-0.4, -0.2) is 31.6 Å². The van der Waals surface area contributed by atoms with E-state index in [4.69, 9.17) is 15.2 Å². The molecule has 0 saturated heterocycles. The Morgan fingerprint density at radius 3 is 2.81 bits per heavy atom. The van der Waals surface area contributed by atoms with Gasteiger partial charge in [0.15, 0.2) is 6.61 Å². The van der Waals surface area contributed by atoms with Gasteiger partial charge in [0, 0.05) is 12.2 Å². The van der Waals surface area contributed by atoms with Crippen molar-refractivity contribution < 1.29 is 19.1 Å². The van der Waals surface area contributed by atoms with Crippen LogP contribution in [0.2, 0.25) is 0 Å². The minimum atomic E-state index is -0.450. The monoisotopic (exact) mass is 354 g/mol. The molecule has 2 aromatic rings. The highest BCUT2D eigenvalue weighted by molar-refractivity contribution is 5.96. The number of esters is 1. The number of nitrogen functional groups attached to an aromatic ring is 1. The Morgan fingerprint density at radius 1 is 1.19 bits per heavy atom. The molecular formula is C20H22N2O4. The molecule has 0 atom stereocenters. The van der Waals surface area contributed by atoms with E-state index in [-0.39, 0.29) is 19.1 Å². The van der Waals surface area contributed by atoms with Crippen molar-refractivity contribution in [2.75, 3.05) is 30.4 Å². The molecule has 0 radical (unpaired) electrons. The zero-order valence-electron chi connectivity index (χ0n) is 14.7. The van der Waals surface area contributed by atoms with Gasteiger partial charge < -0.3 is 20.1 Å². The number of ether oxygens (including phenoxy) is 2. The Bertz CT molecular complexity index is 819. The molecule has 1 aliphatic rings. The van der Waals surface area contributed by atoms with Gasteiger partial charge >= 0.3 is 5.97 Å². The van der Waals surface area contributed by atoms with Crippen LogP contribution in [0, 0.1) is 0 Å². The van der Waals surface area contributed by atoms with E-state index in [9.17, 15) is 9.59 Å². The maximum Gasteiger partial charge on any atom is 0.338 e. The number of anilines is 2. The fraction of sp³-hybridized carbons (Fsp3) is 0.300. The summed E-state index contributed by atoms with van der Waals surface area (Å²) in [7, 11) is 0. The molecule has 6 nitrogen and oxygen atoms in total. The topological polar surface area (TPSA) is 81.9 Å². The third-order valence-electron chi connectivity index (χ3n) is 4.29. The second kappa shape index (κ2) is 7.91. The van der Waals surface area contributed by atoms with E-state index >= 15 is 0 Å². The summed E-state index contributed by atoms with van der Waals surface area (Å²) < 4.78 is 10.6. The third kappa shape index (κ3) is 3.79. The predicted octanol–water partition coefficient (Wildman–Crippen LogP) is 2.80. The maximum absolute atomic E-state index is 12.6. The van der Waals surface area contributed by atoms with Gasteiger partial charge in [-0.1, -0.05) is 18.2 Å². The normalized spacial score (nSPS) is 13.0. The number of aryl methyl sites for hydroxylation is 1. The summed E-state index contributed by atoms with van der Waals surface area (Å²) in [5.74, 6) is -0.291. The molecule has 2 N–H and O–H groups in total. The molecule has 0 saturated carbocycles. The van der Waals surface area contributed by atoms with Crippen molar-refractivity contribution in [1.82, 2.24) is 0 Å². The molecule has 0 aromatic heterocycles. The lowest BCUT2D eigenvalue weighted by atomic mass is 10.0. The van der Waals surface area contributed by atoms with Crippen molar-refractivity contribution in [3.8, 4) is 5.75 Å². The fourth-order valence-corrected chi connectivity index (χ4v) is 3.01. The van der Waals surface area contributed by atoms with Gasteiger partial charge in [0.05, 0.1) is 17.9 Å². The largest absolute Gasteiger partial charge is 0.482 e. The molecule has 26 heavy (non-hydrogen) atoms. The number of carbonyl (C=O) groups is 2. The van der Waals surface area contributed by atoms with Crippen LogP contribution >= 0.6 is 0 Å². The van der Waals surface area contributed by atoms with Crippen LogP contribution in [0.3, 0.4) is 0 Å². The summed E-state index contributed by atoms with van der Waals surface area (Å²) in [6.45, 7) is 2.54. The van der Waals surface area contributed by atoms with E-state index in [0.717, 1.165) is 24.1 Å². The summed E-state index contributed by atoms with van der Waals surface area (Å²) in [5.41, 5.74) is 8.70. The number of rotatable bonds is 5. The van der Waals surface area contributed by atoms with Crippen molar-refractivity contribution in [2.45, 2.75) is 19.8 Å². The SMILES string of the molecule is CCOC(=O)c1ccc(N)c(OCC(=O)N2CCCc3ccccc32)c1. The summed E-state index contributed by atoms with van der Waals surface area (Å²) in [6.07, 6.45) is 1.89. The Hall–Kier alpha value is -3.02. The van der Waals surface area contributed by atoms with Gasteiger partial charge in [-0.15, -0.1) is 0 Å². The highest BCUT2D eigenvalue weighted by atomic mass is 16.5. The second-order valence-corrected chi connectivity index (χ2v) is 6.04. The van der Waals surface area contributed by atoms with Crippen molar-refractivity contribution in [2.24, 2.45) is 0 Å². The van der Waals surface area contributed by atoms with Gasteiger partial charge in [-0.2, -0.15) is 0 Å². The van der Waals surface area contributed by atoms with Gasteiger partial charge in [0.1, 0.15) is 5.75 Å². The molecule has 6 heteroatoms. The van der Waals surface area contributed by atoms with Crippen LogP contribution in [-0.2, 0) is 16.0 Å². The molecule has 2 aromatic carbocycles. The van der Waals surface area contributed by atoms with Crippen LogP contribution in [0.25, 0.3) is 0 Å². The van der Waals surface area contributed by atoms with Gasteiger partial charge in [-0.05, 0) is 49.6 Å². The van der Waals surface area contributed by atoms with Crippen LogP contribution in [0.5, 0.6) is 5.75 Å². The highest BCUT2D eigenvalue weighted by Crippen LogP contribution is 2.27. The van der Waals surface area contributed by atoms with Gasteiger partial charge in [-0.25, -0.2) is 4.79 Å². The van der Waals surface area contributed by atoms with E-state index < -0.39 is 5.97 Å². The summed E-state index contributed by atoms with van der Waals surface area (Å²) in [4.78, 5) is 26.2. The first-order valence-electron chi connectivity index (χ1n) is 8.68. The first-order valence-corrected chi connectivity index (χ1v) is 8.68. The smallest absolute Gasteiger partial charge is 0.338 e. The molecule has 0 bridgehead atoms. The minimum absolute atomic E-state index is 0.141. The molecule has 1 amide bonds. The van der Waals surface area contributed by atoms with Gasteiger partial charge in [0.2, 0.25) is 0 Å². The van der Waals surface area contributed by atoms with Crippen molar-refractivity contribution in [1.29, 1.82) is 0 Å². The van der Waals surface area contributed by atoms with Gasteiger partial charge in [0.25, 0.3) is 5.91 Å². The lowest BCUT2D eigenvalue weighted by Crippen LogP contribution is -2.38. The number of nitrogens with two attached hydrogens (primary N) is 1. The number of para-hydroxylation sites is 1. The van der Waals surface area contributed by atoms with Crippen LogP contribution in [0.15, 0.2) is 42.5 Å². The van der Waals surface area contributed by atoms with Gasteiger partial charge in [-0.3, -0.25) is 4.79 Å². The summed E-state index contributed by atoms with van der Waals surface area (Å²) in [5, 5.41) is 0. The molecule has 0 spiro atoms. The van der Waals surface area contributed by atoms with Crippen LogP contribution < -0.4 is 15.4 Å². The van der Waals surface area contributed by atoms with Crippen molar-refractivity contribution in [3.05, 3.63) is 53.6 Å². The Kier molecular flexibility index (Phi) is 5.41.